The van der Waals surface area contributed by atoms with Gasteiger partial charge in [-0.25, -0.2) is 0 Å². The molecule has 0 radical (unpaired) electrons. The molecule has 0 atom stereocenters. The van der Waals surface area contributed by atoms with Gasteiger partial charge in [0, 0.05) is 13.0 Å². The van der Waals surface area contributed by atoms with Crippen molar-refractivity contribution < 1.29 is 14.6 Å². The van der Waals surface area contributed by atoms with Crippen LogP contribution < -0.4 is 0 Å². The van der Waals surface area contributed by atoms with Crippen LogP contribution in [0.4, 0.5) is 0 Å². The Morgan fingerprint density at radius 2 is 2.17 bits per heavy atom. The maximum Gasteiger partial charge on any atom is 0.306 e. The van der Waals surface area contributed by atoms with Gasteiger partial charge in [0.1, 0.15) is 0 Å². The van der Waals surface area contributed by atoms with Gasteiger partial charge in [0.2, 0.25) is 0 Å². The van der Waals surface area contributed by atoms with Crippen LogP contribution in [-0.2, 0) is 9.53 Å². The van der Waals surface area contributed by atoms with Gasteiger partial charge in [-0.15, -0.1) is 0 Å². The Kier molecular flexibility index (Phi) is 3.53. The van der Waals surface area contributed by atoms with Gasteiger partial charge in [0.25, 0.3) is 0 Å². The summed E-state index contributed by atoms with van der Waals surface area (Å²) in [4.78, 5) is 11.0. The second-order valence-corrected chi connectivity index (χ2v) is 3.40. The van der Waals surface area contributed by atoms with E-state index >= 15 is 0 Å². The summed E-state index contributed by atoms with van der Waals surface area (Å²) in [6.07, 6.45) is 2.50. The largest absolute Gasteiger partial charge is 0.466 e. The van der Waals surface area contributed by atoms with Gasteiger partial charge < -0.3 is 9.84 Å². The van der Waals surface area contributed by atoms with Crippen LogP contribution in [0.15, 0.2) is 0 Å². The van der Waals surface area contributed by atoms with E-state index in [0.29, 0.717) is 24.9 Å². The summed E-state index contributed by atoms with van der Waals surface area (Å²) in [5.74, 6) is 0.796. The Hall–Kier alpha value is -0.570. The SMILES string of the molecule is CCOC(=O)CC1CC(CO)C1. The third-order valence-electron chi connectivity index (χ3n) is 2.35. The molecule has 1 N–H and O–H groups in total. The van der Waals surface area contributed by atoms with Crippen molar-refractivity contribution in [2.45, 2.75) is 26.2 Å². The van der Waals surface area contributed by atoms with Crippen molar-refractivity contribution in [1.82, 2.24) is 0 Å². The lowest BCUT2D eigenvalue weighted by atomic mass is 9.74. The highest BCUT2D eigenvalue weighted by atomic mass is 16.5. The van der Waals surface area contributed by atoms with E-state index in [0.717, 1.165) is 12.8 Å². The number of aliphatic hydroxyl groups is 1. The summed E-state index contributed by atoms with van der Waals surface area (Å²) in [7, 11) is 0. The molecule has 1 rings (SSSR count). The number of hydrogen-bond acceptors (Lipinski definition) is 3. The minimum Gasteiger partial charge on any atom is -0.466 e. The van der Waals surface area contributed by atoms with Gasteiger partial charge in [-0.3, -0.25) is 4.79 Å². The third-order valence-corrected chi connectivity index (χ3v) is 2.35. The second kappa shape index (κ2) is 4.45. The third kappa shape index (κ3) is 2.48. The summed E-state index contributed by atoms with van der Waals surface area (Å²) in [6, 6.07) is 0. The molecule has 3 heteroatoms. The smallest absolute Gasteiger partial charge is 0.306 e. The average molecular weight is 172 g/mol. The monoisotopic (exact) mass is 172 g/mol. The van der Waals surface area contributed by atoms with E-state index in [4.69, 9.17) is 9.84 Å². The Morgan fingerprint density at radius 1 is 1.50 bits per heavy atom. The fourth-order valence-corrected chi connectivity index (χ4v) is 1.65. The van der Waals surface area contributed by atoms with E-state index in [1.165, 1.54) is 0 Å². The lowest BCUT2D eigenvalue weighted by Crippen LogP contribution is -2.28. The van der Waals surface area contributed by atoms with Crippen molar-refractivity contribution in [3.8, 4) is 0 Å². The van der Waals surface area contributed by atoms with Crippen LogP contribution in [0.1, 0.15) is 26.2 Å². The second-order valence-electron chi connectivity index (χ2n) is 3.40. The first-order valence-electron chi connectivity index (χ1n) is 4.52. The number of hydrogen-bond donors (Lipinski definition) is 1. The molecule has 3 nitrogen and oxygen atoms in total. The van der Waals surface area contributed by atoms with E-state index in [9.17, 15) is 4.79 Å². The molecule has 12 heavy (non-hydrogen) atoms. The molecule has 1 fully saturated rings. The van der Waals surface area contributed by atoms with E-state index in [1.807, 2.05) is 6.92 Å². The van der Waals surface area contributed by atoms with Crippen LogP contribution in [0.25, 0.3) is 0 Å². The molecule has 0 saturated heterocycles. The molecule has 0 amide bonds. The predicted molar refractivity (Wildman–Crippen MR) is 44.5 cm³/mol. The van der Waals surface area contributed by atoms with Crippen molar-refractivity contribution in [3.05, 3.63) is 0 Å². The molecule has 0 heterocycles. The van der Waals surface area contributed by atoms with Crippen LogP contribution in [0, 0.1) is 11.8 Å². The molecule has 1 saturated carbocycles. The van der Waals surface area contributed by atoms with Gasteiger partial charge in [-0.2, -0.15) is 0 Å². The molecule has 0 aliphatic heterocycles. The van der Waals surface area contributed by atoms with Crippen LogP contribution in [0.2, 0.25) is 0 Å². The Morgan fingerprint density at radius 3 is 2.67 bits per heavy atom. The van der Waals surface area contributed by atoms with E-state index in [-0.39, 0.29) is 12.6 Å². The normalized spacial score (nSPS) is 27.8. The summed E-state index contributed by atoms with van der Waals surface area (Å²) in [6.45, 7) is 2.55. The summed E-state index contributed by atoms with van der Waals surface area (Å²) in [5, 5.41) is 8.73. The molecule has 0 unspecified atom stereocenters. The van der Waals surface area contributed by atoms with Crippen molar-refractivity contribution in [3.63, 3.8) is 0 Å². The van der Waals surface area contributed by atoms with Gasteiger partial charge >= 0.3 is 5.97 Å². The molecule has 0 aromatic heterocycles. The van der Waals surface area contributed by atoms with E-state index in [2.05, 4.69) is 0 Å². The number of ether oxygens (including phenoxy) is 1. The van der Waals surface area contributed by atoms with Crippen LogP contribution in [0.5, 0.6) is 0 Å². The molecule has 70 valence electrons. The minimum absolute atomic E-state index is 0.0983. The fourth-order valence-electron chi connectivity index (χ4n) is 1.65. The number of carbonyl (C=O) groups excluding carboxylic acids is 1. The minimum atomic E-state index is -0.0983. The molecule has 0 bridgehead atoms. The zero-order valence-electron chi connectivity index (χ0n) is 7.45. The lowest BCUT2D eigenvalue weighted by molar-refractivity contribution is -0.145. The summed E-state index contributed by atoms with van der Waals surface area (Å²) < 4.78 is 4.82. The Labute approximate surface area is 72.7 Å². The van der Waals surface area contributed by atoms with Crippen molar-refractivity contribution in [2.24, 2.45) is 11.8 Å². The predicted octanol–water partition coefficient (Wildman–Crippen LogP) is 0.958. The van der Waals surface area contributed by atoms with Crippen molar-refractivity contribution in [1.29, 1.82) is 0 Å². The number of aliphatic hydroxyl groups excluding tert-OH is 1. The van der Waals surface area contributed by atoms with E-state index < -0.39 is 0 Å². The number of esters is 1. The quantitative estimate of drug-likeness (QED) is 0.642. The highest BCUT2D eigenvalue weighted by Crippen LogP contribution is 2.35. The van der Waals surface area contributed by atoms with Gasteiger partial charge in [0.15, 0.2) is 0 Å². The first kappa shape index (κ1) is 9.52. The van der Waals surface area contributed by atoms with Crippen molar-refractivity contribution in [2.75, 3.05) is 13.2 Å². The Balaban J connectivity index is 2.06. The molecular weight excluding hydrogens is 156 g/mol. The molecule has 1 aliphatic rings. The molecular formula is C9H16O3. The van der Waals surface area contributed by atoms with Crippen LogP contribution >= 0.6 is 0 Å². The Bertz CT molecular complexity index is 150. The van der Waals surface area contributed by atoms with Crippen LogP contribution in [-0.4, -0.2) is 24.3 Å². The van der Waals surface area contributed by atoms with E-state index in [1.54, 1.807) is 0 Å². The topological polar surface area (TPSA) is 46.5 Å². The average Bonchev–Trinajstić information content (AvgIpc) is 1.96. The number of carbonyl (C=O) groups is 1. The lowest BCUT2D eigenvalue weighted by Gasteiger charge is -2.33. The fraction of sp³-hybridized carbons (Fsp3) is 0.889. The first-order valence-corrected chi connectivity index (χ1v) is 4.52. The molecule has 0 spiro atoms. The maximum absolute atomic E-state index is 11.0. The highest BCUT2D eigenvalue weighted by Gasteiger charge is 2.30. The summed E-state index contributed by atoms with van der Waals surface area (Å²) in [5.41, 5.74) is 0. The molecule has 1 aliphatic carbocycles. The van der Waals surface area contributed by atoms with Gasteiger partial charge in [-0.05, 0) is 31.6 Å². The molecule has 0 aromatic rings. The first-order chi connectivity index (χ1) is 5.76. The van der Waals surface area contributed by atoms with Crippen LogP contribution in [0.3, 0.4) is 0 Å². The zero-order chi connectivity index (χ0) is 8.97. The highest BCUT2D eigenvalue weighted by molar-refractivity contribution is 5.69. The van der Waals surface area contributed by atoms with Gasteiger partial charge in [0.05, 0.1) is 6.61 Å². The standard InChI is InChI=1S/C9H16O3/c1-2-12-9(11)5-7-3-8(4-7)6-10/h7-8,10H,2-6H2,1H3. The maximum atomic E-state index is 11.0. The number of rotatable bonds is 4. The molecule has 0 aromatic carbocycles. The van der Waals surface area contributed by atoms with Crippen molar-refractivity contribution >= 4 is 5.97 Å². The van der Waals surface area contributed by atoms with Gasteiger partial charge in [-0.1, -0.05) is 0 Å². The summed E-state index contributed by atoms with van der Waals surface area (Å²) >= 11 is 0. The zero-order valence-corrected chi connectivity index (χ0v) is 7.45.